The summed E-state index contributed by atoms with van der Waals surface area (Å²) in [5.74, 6) is 6.79. The van der Waals surface area contributed by atoms with Crippen LogP contribution in [0.25, 0.3) is 17.2 Å². The Bertz CT molecular complexity index is 778. The van der Waals surface area contributed by atoms with Crippen LogP contribution in [-0.4, -0.2) is 26.1 Å². The summed E-state index contributed by atoms with van der Waals surface area (Å²) in [7, 11) is 0. The van der Waals surface area contributed by atoms with Crippen LogP contribution in [0.15, 0.2) is 29.0 Å². The van der Waals surface area contributed by atoms with Gasteiger partial charge >= 0.3 is 0 Å². The molecule has 94 valence electrons. The van der Waals surface area contributed by atoms with Gasteiger partial charge in [0, 0.05) is 0 Å². The van der Waals surface area contributed by atoms with Gasteiger partial charge in [-0.1, -0.05) is 5.92 Å². The quantitative estimate of drug-likeness (QED) is 0.604. The van der Waals surface area contributed by atoms with Crippen LogP contribution in [-0.2, 0) is 0 Å². The van der Waals surface area contributed by atoms with Gasteiger partial charge in [0.15, 0.2) is 17.2 Å². The van der Waals surface area contributed by atoms with Gasteiger partial charge in [-0.2, -0.15) is 0 Å². The monoisotopic (exact) mass is 254 g/mol. The van der Waals surface area contributed by atoms with Crippen molar-refractivity contribution in [1.82, 2.24) is 19.6 Å². The van der Waals surface area contributed by atoms with E-state index in [1.165, 1.54) is 4.52 Å². The van der Waals surface area contributed by atoms with E-state index in [0.29, 0.717) is 22.9 Å². The fourth-order valence-corrected chi connectivity index (χ4v) is 1.62. The lowest BCUT2D eigenvalue weighted by Gasteiger charge is -1.96. The molecular weight excluding hydrogens is 244 g/mol. The number of fused-ring (bicyclic) bond motifs is 1. The van der Waals surface area contributed by atoms with Crippen LogP contribution in [0.1, 0.15) is 5.69 Å². The molecule has 3 heterocycles. The molecule has 0 saturated carbocycles. The summed E-state index contributed by atoms with van der Waals surface area (Å²) < 4.78 is 6.77. The van der Waals surface area contributed by atoms with Gasteiger partial charge in [-0.05, 0) is 18.1 Å². The molecule has 0 aromatic carbocycles. The maximum Gasteiger partial charge on any atom is 0.218 e. The lowest BCUT2D eigenvalue weighted by atomic mass is 10.4. The summed E-state index contributed by atoms with van der Waals surface area (Å²) in [5.41, 5.74) is 12.1. The zero-order valence-electron chi connectivity index (χ0n) is 9.87. The summed E-state index contributed by atoms with van der Waals surface area (Å²) in [6, 6.07) is 3.54. The van der Waals surface area contributed by atoms with Gasteiger partial charge in [-0.15, -0.1) is 5.10 Å². The number of furan rings is 1. The minimum Gasteiger partial charge on any atom is -0.461 e. The maximum absolute atomic E-state index is 5.83. The number of rotatable bonds is 1. The van der Waals surface area contributed by atoms with Crippen LogP contribution < -0.4 is 11.5 Å². The topological polar surface area (TPSA) is 108 Å². The average Bonchev–Trinajstić information content (AvgIpc) is 3.04. The van der Waals surface area contributed by atoms with Crippen molar-refractivity contribution in [3.8, 4) is 23.4 Å². The number of aromatic nitrogens is 4. The first-order chi connectivity index (χ1) is 9.28. The third-order valence-electron chi connectivity index (χ3n) is 2.41. The van der Waals surface area contributed by atoms with E-state index in [2.05, 4.69) is 26.9 Å². The number of nitrogens with two attached hydrogens (primary N) is 2. The van der Waals surface area contributed by atoms with E-state index in [1.807, 2.05) is 0 Å². The van der Waals surface area contributed by atoms with Crippen LogP contribution >= 0.6 is 0 Å². The predicted octanol–water partition coefficient (Wildman–Crippen LogP) is 0.277. The van der Waals surface area contributed by atoms with E-state index in [9.17, 15) is 0 Å². The Morgan fingerprint density at radius 2 is 2.26 bits per heavy atom. The molecule has 0 aliphatic rings. The van der Waals surface area contributed by atoms with E-state index in [-0.39, 0.29) is 12.4 Å². The average molecular weight is 254 g/mol. The van der Waals surface area contributed by atoms with Gasteiger partial charge in [0.2, 0.25) is 5.82 Å². The van der Waals surface area contributed by atoms with Gasteiger partial charge in [-0.3, -0.25) is 0 Å². The van der Waals surface area contributed by atoms with E-state index in [1.54, 1.807) is 24.6 Å². The molecule has 19 heavy (non-hydrogen) atoms. The highest BCUT2D eigenvalue weighted by Crippen LogP contribution is 2.18. The Balaban J connectivity index is 2.15. The first kappa shape index (κ1) is 11.3. The molecule has 0 radical (unpaired) electrons. The number of nitrogens with zero attached hydrogens (tertiary/aromatic N) is 4. The van der Waals surface area contributed by atoms with Gasteiger partial charge in [0.05, 0.1) is 19.0 Å². The highest BCUT2D eigenvalue weighted by molar-refractivity contribution is 5.63. The number of hydrogen-bond donors (Lipinski definition) is 2. The van der Waals surface area contributed by atoms with Crippen LogP contribution in [0.3, 0.4) is 0 Å². The number of anilines is 1. The van der Waals surface area contributed by atoms with Crippen LogP contribution in [0, 0.1) is 11.8 Å². The minimum atomic E-state index is 0.258. The fourth-order valence-electron chi connectivity index (χ4n) is 1.62. The van der Waals surface area contributed by atoms with E-state index in [4.69, 9.17) is 15.9 Å². The zero-order valence-corrected chi connectivity index (χ0v) is 9.87. The van der Waals surface area contributed by atoms with Crippen LogP contribution in [0.2, 0.25) is 0 Å². The van der Waals surface area contributed by atoms with Crippen molar-refractivity contribution >= 4 is 11.5 Å². The molecule has 0 spiro atoms. The molecule has 7 heteroatoms. The molecule has 3 aromatic rings. The van der Waals surface area contributed by atoms with Gasteiger partial charge in [0.25, 0.3) is 0 Å². The third-order valence-corrected chi connectivity index (χ3v) is 2.41. The molecule has 3 rings (SSSR count). The van der Waals surface area contributed by atoms with E-state index < -0.39 is 0 Å². The highest BCUT2D eigenvalue weighted by atomic mass is 16.3. The Labute approximate surface area is 108 Å². The van der Waals surface area contributed by atoms with Crippen molar-refractivity contribution in [3.63, 3.8) is 0 Å². The van der Waals surface area contributed by atoms with Gasteiger partial charge < -0.3 is 15.9 Å². The standard InChI is InChI=1S/C12H10N6O/c13-5-1-3-8-7-18-12(10(14)15-8)16-11(17-18)9-4-2-6-19-9/h2,4,6-7H,5,13H2,(H2,14,15). The molecule has 3 aromatic heterocycles. The minimum absolute atomic E-state index is 0.258. The van der Waals surface area contributed by atoms with Crippen molar-refractivity contribution in [2.24, 2.45) is 5.73 Å². The maximum atomic E-state index is 5.83. The summed E-state index contributed by atoms with van der Waals surface area (Å²) in [6.07, 6.45) is 3.20. The number of hydrogen-bond acceptors (Lipinski definition) is 6. The molecule has 4 N–H and O–H groups in total. The molecule has 7 nitrogen and oxygen atoms in total. The van der Waals surface area contributed by atoms with Gasteiger partial charge in [-0.25, -0.2) is 14.5 Å². The fraction of sp³-hybridized carbons (Fsp3) is 0.0833. The van der Waals surface area contributed by atoms with Crippen molar-refractivity contribution in [2.45, 2.75) is 0 Å². The van der Waals surface area contributed by atoms with Crippen LogP contribution in [0.5, 0.6) is 0 Å². The summed E-state index contributed by atoms with van der Waals surface area (Å²) in [4.78, 5) is 8.40. The predicted molar refractivity (Wildman–Crippen MR) is 68.8 cm³/mol. The molecule has 0 bridgehead atoms. The smallest absolute Gasteiger partial charge is 0.218 e. The molecule has 0 aliphatic heterocycles. The Morgan fingerprint density at radius 1 is 1.37 bits per heavy atom. The molecule has 0 fully saturated rings. The third kappa shape index (κ3) is 2.00. The molecular formula is C12H10N6O. The second-order valence-electron chi connectivity index (χ2n) is 3.70. The normalized spacial score (nSPS) is 10.4. The molecule has 0 atom stereocenters. The largest absolute Gasteiger partial charge is 0.461 e. The molecule has 0 saturated heterocycles. The second kappa shape index (κ2) is 4.44. The van der Waals surface area contributed by atoms with Crippen molar-refractivity contribution in [2.75, 3.05) is 12.3 Å². The highest BCUT2D eigenvalue weighted by Gasteiger charge is 2.12. The first-order valence-electron chi connectivity index (χ1n) is 5.53. The molecule has 0 unspecified atom stereocenters. The summed E-state index contributed by atoms with van der Waals surface area (Å²) in [5, 5.41) is 4.28. The van der Waals surface area contributed by atoms with Crippen molar-refractivity contribution < 1.29 is 4.42 Å². The summed E-state index contributed by atoms with van der Waals surface area (Å²) in [6.45, 7) is 0.259. The van der Waals surface area contributed by atoms with Crippen LogP contribution in [0.4, 0.5) is 5.82 Å². The first-order valence-corrected chi connectivity index (χ1v) is 5.53. The lowest BCUT2D eigenvalue weighted by molar-refractivity contribution is 0.577. The van der Waals surface area contributed by atoms with E-state index >= 15 is 0 Å². The molecule has 0 aliphatic carbocycles. The zero-order chi connectivity index (χ0) is 13.2. The summed E-state index contributed by atoms with van der Waals surface area (Å²) >= 11 is 0. The lowest BCUT2D eigenvalue weighted by Crippen LogP contribution is -2.00. The Hall–Kier alpha value is -2.85. The van der Waals surface area contributed by atoms with Gasteiger partial charge in [0.1, 0.15) is 5.69 Å². The number of nitrogen functional groups attached to an aromatic ring is 1. The SMILES string of the molecule is NCC#Cc1cn2nc(-c3ccco3)nc2c(N)n1. The van der Waals surface area contributed by atoms with Crippen molar-refractivity contribution in [1.29, 1.82) is 0 Å². The Morgan fingerprint density at radius 3 is 3.00 bits per heavy atom. The second-order valence-corrected chi connectivity index (χ2v) is 3.70. The molecule has 0 amide bonds. The Kier molecular flexibility index (Phi) is 2.63. The van der Waals surface area contributed by atoms with E-state index in [0.717, 1.165) is 0 Å². The van der Waals surface area contributed by atoms with Crippen molar-refractivity contribution in [3.05, 3.63) is 30.3 Å².